The fraction of sp³-hybridized carbons (Fsp3) is 0.609. The molecule has 27 heavy (non-hydrogen) atoms. The Labute approximate surface area is 165 Å². The second kappa shape index (κ2) is 15.1. The number of hydrogen-bond donors (Lipinski definition) is 1. The fourth-order valence-corrected chi connectivity index (χ4v) is 3.03. The van der Waals surface area contributed by atoms with E-state index in [0.29, 0.717) is 5.57 Å². The van der Waals surface area contributed by atoms with Crippen molar-refractivity contribution in [3.05, 3.63) is 36.4 Å². The van der Waals surface area contributed by atoms with Crippen LogP contribution in [0.25, 0.3) is 5.57 Å². The van der Waals surface area contributed by atoms with E-state index in [2.05, 4.69) is 23.7 Å². The quantitative estimate of drug-likeness (QED) is 0.190. The zero-order valence-corrected chi connectivity index (χ0v) is 17.1. The first-order chi connectivity index (χ1) is 13.1. The second-order valence-electron chi connectivity index (χ2n) is 7.24. The van der Waals surface area contributed by atoms with Crippen LogP contribution in [0.3, 0.4) is 0 Å². The maximum Gasteiger partial charge on any atom is 0.248 e. The second-order valence-corrected chi connectivity index (χ2v) is 7.24. The van der Waals surface area contributed by atoms with E-state index in [0.717, 1.165) is 24.2 Å². The van der Waals surface area contributed by atoms with Crippen LogP contribution in [0.4, 0.5) is 5.69 Å². The van der Waals surface area contributed by atoms with Crippen molar-refractivity contribution in [1.82, 2.24) is 0 Å². The highest BCUT2D eigenvalue weighted by Crippen LogP contribution is 2.18. The van der Waals surface area contributed by atoms with Crippen molar-refractivity contribution < 1.29 is 4.79 Å². The predicted molar refractivity (Wildman–Crippen MR) is 115 cm³/mol. The normalized spacial score (nSPS) is 11.1. The summed E-state index contributed by atoms with van der Waals surface area (Å²) in [6.45, 7) is 6.71. The molecule has 1 rings (SSSR count). The van der Waals surface area contributed by atoms with E-state index in [1.165, 1.54) is 70.6 Å². The van der Waals surface area contributed by atoms with Crippen LogP contribution in [-0.2, 0) is 4.79 Å². The number of nitrogens with two attached hydrogens (primary N) is 1. The number of amides is 1. The molecule has 1 aromatic carbocycles. The van der Waals surface area contributed by atoms with E-state index in [9.17, 15) is 4.79 Å². The van der Waals surface area contributed by atoms with Gasteiger partial charge in [0.25, 0.3) is 0 Å². The van der Waals surface area contributed by atoms with Crippen LogP contribution in [0.1, 0.15) is 89.5 Å². The molecule has 0 aliphatic rings. The Morgan fingerprint density at radius 3 is 1.81 bits per heavy atom. The molecule has 0 unspecified atom stereocenters. The Kier molecular flexibility index (Phi) is 12.9. The lowest BCUT2D eigenvalue weighted by Gasteiger charge is -2.02. The standard InChI is InChI=1S/C23H37N3O/c1-3-4-5-6-7-8-9-10-11-12-13-14-19-25-26-22-17-15-21(16-18-22)20(2)23(24)27/h15-18H,2-14,19H2,1H3,(H2,24,27). The highest BCUT2D eigenvalue weighted by atomic mass is 16.1. The van der Waals surface area contributed by atoms with Crippen molar-refractivity contribution in [2.24, 2.45) is 16.0 Å². The number of rotatable bonds is 16. The lowest BCUT2D eigenvalue weighted by molar-refractivity contribution is -0.112. The van der Waals surface area contributed by atoms with Crippen LogP contribution < -0.4 is 5.73 Å². The topological polar surface area (TPSA) is 67.8 Å². The Balaban J connectivity index is 2.00. The van der Waals surface area contributed by atoms with Crippen molar-refractivity contribution in [1.29, 1.82) is 0 Å². The number of primary amides is 1. The summed E-state index contributed by atoms with van der Waals surface area (Å²) in [6, 6.07) is 7.25. The van der Waals surface area contributed by atoms with Crippen LogP contribution in [0, 0.1) is 0 Å². The molecule has 0 fully saturated rings. The molecule has 0 radical (unpaired) electrons. The van der Waals surface area contributed by atoms with Gasteiger partial charge in [-0.05, 0) is 24.1 Å². The van der Waals surface area contributed by atoms with Crippen molar-refractivity contribution in [3.8, 4) is 0 Å². The first-order valence-corrected chi connectivity index (χ1v) is 10.6. The molecule has 0 aliphatic carbocycles. The summed E-state index contributed by atoms with van der Waals surface area (Å²) < 4.78 is 0. The summed E-state index contributed by atoms with van der Waals surface area (Å²) in [5, 5.41) is 8.46. The molecule has 0 atom stereocenters. The minimum absolute atomic E-state index is 0.315. The van der Waals surface area contributed by atoms with Gasteiger partial charge in [-0.15, -0.1) is 0 Å². The Morgan fingerprint density at radius 1 is 0.852 bits per heavy atom. The summed E-state index contributed by atoms with van der Waals surface area (Å²) >= 11 is 0. The van der Waals surface area contributed by atoms with Gasteiger partial charge in [0.05, 0.1) is 12.2 Å². The van der Waals surface area contributed by atoms with Gasteiger partial charge in [0.1, 0.15) is 0 Å². The zero-order valence-electron chi connectivity index (χ0n) is 17.1. The number of hydrogen-bond acceptors (Lipinski definition) is 3. The maximum atomic E-state index is 11.1. The summed E-state index contributed by atoms with van der Waals surface area (Å²) in [5.41, 5.74) is 7.05. The van der Waals surface area contributed by atoms with Crippen molar-refractivity contribution >= 4 is 17.2 Å². The van der Waals surface area contributed by atoms with E-state index in [1.54, 1.807) is 12.1 Å². The predicted octanol–water partition coefficient (Wildman–Crippen LogP) is 6.97. The third-order valence-electron chi connectivity index (χ3n) is 4.81. The number of carbonyl (C=O) groups excluding carboxylic acids is 1. The van der Waals surface area contributed by atoms with Crippen LogP contribution >= 0.6 is 0 Å². The van der Waals surface area contributed by atoms with E-state index in [4.69, 9.17) is 5.73 Å². The summed E-state index contributed by atoms with van der Waals surface area (Å²) in [4.78, 5) is 11.1. The van der Waals surface area contributed by atoms with Crippen LogP contribution in [0.15, 0.2) is 41.1 Å². The molecular formula is C23H37N3O. The molecule has 2 N–H and O–H groups in total. The van der Waals surface area contributed by atoms with Gasteiger partial charge in [-0.1, -0.05) is 96.3 Å². The van der Waals surface area contributed by atoms with Gasteiger partial charge in [-0.25, -0.2) is 0 Å². The first-order valence-electron chi connectivity index (χ1n) is 10.6. The van der Waals surface area contributed by atoms with Gasteiger partial charge in [0.2, 0.25) is 5.91 Å². The lowest BCUT2D eigenvalue weighted by Crippen LogP contribution is -2.11. The Morgan fingerprint density at radius 2 is 1.33 bits per heavy atom. The number of carbonyl (C=O) groups is 1. The van der Waals surface area contributed by atoms with Crippen molar-refractivity contribution in [2.45, 2.75) is 84.0 Å². The van der Waals surface area contributed by atoms with Gasteiger partial charge >= 0.3 is 0 Å². The van der Waals surface area contributed by atoms with Crippen LogP contribution in [0.2, 0.25) is 0 Å². The molecule has 0 saturated heterocycles. The van der Waals surface area contributed by atoms with Gasteiger partial charge in [-0.2, -0.15) is 10.2 Å². The molecule has 4 heteroatoms. The molecule has 1 amide bonds. The monoisotopic (exact) mass is 371 g/mol. The fourth-order valence-electron chi connectivity index (χ4n) is 3.03. The molecule has 0 saturated carbocycles. The number of unbranched alkanes of at least 4 members (excludes halogenated alkanes) is 11. The van der Waals surface area contributed by atoms with Gasteiger partial charge in [0, 0.05) is 5.57 Å². The van der Waals surface area contributed by atoms with E-state index in [1.807, 2.05) is 12.1 Å². The van der Waals surface area contributed by atoms with Crippen molar-refractivity contribution in [2.75, 3.05) is 6.54 Å². The minimum atomic E-state index is -0.503. The molecule has 0 heterocycles. The van der Waals surface area contributed by atoms with Crippen LogP contribution in [-0.4, -0.2) is 12.5 Å². The summed E-state index contributed by atoms with van der Waals surface area (Å²) in [7, 11) is 0. The number of nitrogens with zero attached hydrogens (tertiary/aromatic N) is 2. The van der Waals surface area contributed by atoms with Crippen LogP contribution in [0.5, 0.6) is 0 Å². The molecule has 0 aliphatic heterocycles. The zero-order chi connectivity index (χ0) is 19.7. The average molecular weight is 372 g/mol. The molecule has 0 spiro atoms. The van der Waals surface area contributed by atoms with E-state index >= 15 is 0 Å². The lowest BCUT2D eigenvalue weighted by atomic mass is 10.1. The third kappa shape index (κ3) is 11.4. The molecule has 4 nitrogen and oxygen atoms in total. The third-order valence-corrected chi connectivity index (χ3v) is 4.81. The summed E-state index contributed by atoms with van der Waals surface area (Å²) in [5.74, 6) is -0.503. The Bertz CT molecular complexity index is 563. The molecule has 0 aromatic heterocycles. The largest absolute Gasteiger partial charge is 0.366 e. The first kappa shape index (κ1) is 23.1. The average Bonchev–Trinajstić information content (AvgIpc) is 2.68. The molecular weight excluding hydrogens is 334 g/mol. The molecule has 0 bridgehead atoms. The highest BCUT2D eigenvalue weighted by Gasteiger charge is 2.04. The number of azo groups is 1. The van der Waals surface area contributed by atoms with E-state index in [-0.39, 0.29) is 0 Å². The van der Waals surface area contributed by atoms with Gasteiger partial charge in [0.15, 0.2) is 0 Å². The SMILES string of the molecule is C=C(C(N)=O)c1ccc(N=NCCCCCCCCCCCCCC)cc1. The summed E-state index contributed by atoms with van der Waals surface area (Å²) in [6.07, 6.45) is 16.1. The number of benzene rings is 1. The minimum Gasteiger partial charge on any atom is -0.366 e. The van der Waals surface area contributed by atoms with E-state index < -0.39 is 5.91 Å². The highest BCUT2D eigenvalue weighted by molar-refractivity contribution is 6.17. The Hall–Kier alpha value is -1.97. The van der Waals surface area contributed by atoms with Crippen molar-refractivity contribution in [3.63, 3.8) is 0 Å². The van der Waals surface area contributed by atoms with Gasteiger partial charge in [-0.3, -0.25) is 4.79 Å². The molecule has 150 valence electrons. The smallest absolute Gasteiger partial charge is 0.248 e. The molecule has 1 aromatic rings. The maximum absolute atomic E-state index is 11.1. The van der Waals surface area contributed by atoms with Gasteiger partial charge < -0.3 is 5.73 Å².